The summed E-state index contributed by atoms with van der Waals surface area (Å²) >= 11 is 0. The Labute approximate surface area is 308 Å². The van der Waals surface area contributed by atoms with Crippen LogP contribution in [0.1, 0.15) is 175 Å². The topological polar surface area (TPSA) is 61.8 Å². The summed E-state index contributed by atoms with van der Waals surface area (Å²) in [5.41, 5.74) is 0. The summed E-state index contributed by atoms with van der Waals surface area (Å²) in [6.07, 6.45) is 50.4. The third-order valence-corrected chi connectivity index (χ3v) is 8.24. The predicted octanol–water partition coefficient (Wildman–Crippen LogP) is 13.2. The third kappa shape index (κ3) is 38.1. The molecule has 0 aliphatic rings. The van der Waals surface area contributed by atoms with E-state index in [4.69, 9.17) is 14.2 Å². The summed E-state index contributed by atoms with van der Waals surface area (Å²) in [6, 6.07) is 0. The van der Waals surface area contributed by atoms with Gasteiger partial charge in [0.1, 0.15) is 6.61 Å². The van der Waals surface area contributed by atoms with E-state index >= 15 is 0 Å². The van der Waals surface area contributed by atoms with Crippen LogP contribution < -0.4 is 0 Å². The maximum absolute atomic E-state index is 12.6. The predicted molar refractivity (Wildman–Crippen MR) is 214 cm³/mol. The zero-order chi connectivity index (χ0) is 36.4. The molecule has 1 unspecified atom stereocenters. The van der Waals surface area contributed by atoms with Crippen molar-refractivity contribution >= 4 is 11.9 Å². The summed E-state index contributed by atoms with van der Waals surface area (Å²) in [4.78, 5) is 25.1. The molecule has 0 aromatic rings. The van der Waals surface area contributed by atoms with Gasteiger partial charge in [-0.1, -0.05) is 151 Å². The first kappa shape index (κ1) is 47.3. The van der Waals surface area contributed by atoms with Crippen LogP contribution in [0.4, 0.5) is 0 Å². The van der Waals surface area contributed by atoms with Gasteiger partial charge in [0.25, 0.3) is 0 Å². The SMILES string of the molecule is CC/C=C\C/C=C\C/C=C\CCCCCC(=O)OCC(COCCCCCCCCCC)OC(=O)CCCCC/C=C\C/C=C\C/C=C\CC. The number of carbonyl (C=O) groups is 2. The van der Waals surface area contributed by atoms with Gasteiger partial charge in [-0.2, -0.15) is 0 Å². The van der Waals surface area contributed by atoms with Crippen molar-refractivity contribution in [2.24, 2.45) is 0 Å². The average molecular weight is 697 g/mol. The molecule has 0 N–H and O–H groups in total. The lowest BCUT2D eigenvalue weighted by Crippen LogP contribution is -2.30. The number of rotatable bonds is 36. The number of carbonyl (C=O) groups excluding carboxylic acids is 2. The molecule has 0 aromatic carbocycles. The van der Waals surface area contributed by atoms with Crippen LogP contribution in [-0.4, -0.2) is 37.9 Å². The van der Waals surface area contributed by atoms with E-state index in [1.54, 1.807) is 0 Å². The van der Waals surface area contributed by atoms with Gasteiger partial charge in [0.2, 0.25) is 0 Å². The summed E-state index contributed by atoms with van der Waals surface area (Å²) < 4.78 is 17.1. The first-order chi connectivity index (χ1) is 24.6. The minimum absolute atomic E-state index is 0.0562. The molecule has 0 radical (unpaired) electrons. The first-order valence-electron chi connectivity index (χ1n) is 20.5. The Morgan fingerprint density at radius 2 is 0.900 bits per heavy atom. The van der Waals surface area contributed by atoms with E-state index in [1.807, 2.05) is 0 Å². The van der Waals surface area contributed by atoms with Crippen molar-refractivity contribution in [3.63, 3.8) is 0 Å². The number of unbranched alkanes of at least 4 members (excludes halogenated alkanes) is 13. The van der Waals surface area contributed by atoms with E-state index in [0.717, 1.165) is 103 Å². The Balaban J connectivity index is 4.33. The van der Waals surface area contributed by atoms with E-state index < -0.39 is 6.10 Å². The fourth-order valence-corrected chi connectivity index (χ4v) is 5.24. The minimum Gasteiger partial charge on any atom is -0.462 e. The second-order valence-electron chi connectivity index (χ2n) is 13.1. The molecule has 0 saturated carbocycles. The van der Waals surface area contributed by atoms with Gasteiger partial charge in [-0.15, -0.1) is 0 Å². The number of allylic oxidation sites excluding steroid dienone is 12. The molecule has 1 atom stereocenters. The van der Waals surface area contributed by atoms with E-state index in [2.05, 4.69) is 93.7 Å². The second kappa shape index (κ2) is 40.8. The average Bonchev–Trinajstić information content (AvgIpc) is 3.11. The van der Waals surface area contributed by atoms with Gasteiger partial charge in [0, 0.05) is 19.4 Å². The zero-order valence-electron chi connectivity index (χ0n) is 32.6. The first-order valence-corrected chi connectivity index (χ1v) is 20.5. The van der Waals surface area contributed by atoms with Crippen molar-refractivity contribution in [2.45, 2.75) is 181 Å². The van der Waals surface area contributed by atoms with Gasteiger partial charge < -0.3 is 14.2 Å². The highest BCUT2D eigenvalue weighted by Gasteiger charge is 2.17. The van der Waals surface area contributed by atoms with E-state index in [-0.39, 0.29) is 25.2 Å². The zero-order valence-corrected chi connectivity index (χ0v) is 32.6. The van der Waals surface area contributed by atoms with Crippen molar-refractivity contribution in [1.82, 2.24) is 0 Å². The fourth-order valence-electron chi connectivity index (χ4n) is 5.24. The van der Waals surface area contributed by atoms with Crippen molar-refractivity contribution in [1.29, 1.82) is 0 Å². The molecule has 0 fully saturated rings. The smallest absolute Gasteiger partial charge is 0.306 e. The van der Waals surface area contributed by atoms with Gasteiger partial charge in [0.05, 0.1) is 6.61 Å². The van der Waals surface area contributed by atoms with Gasteiger partial charge in [-0.25, -0.2) is 0 Å². The molecular formula is C45H76O5. The van der Waals surface area contributed by atoms with Gasteiger partial charge in [-0.05, 0) is 83.5 Å². The molecule has 0 aliphatic carbocycles. The third-order valence-electron chi connectivity index (χ3n) is 8.24. The van der Waals surface area contributed by atoms with Crippen LogP contribution in [0.5, 0.6) is 0 Å². The highest BCUT2D eigenvalue weighted by molar-refractivity contribution is 5.70. The molecular weight excluding hydrogens is 620 g/mol. The monoisotopic (exact) mass is 697 g/mol. The summed E-state index contributed by atoms with van der Waals surface area (Å²) in [5.74, 6) is -0.472. The van der Waals surface area contributed by atoms with Gasteiger partial charge in [-0.3, -0.25) is 9.59 Å². The van der Waals surface area contributed by atoms with Crippen LogP contribution in [0.15, 0.2) is 72.9 Å². The molecule has 0 saturated heterocycles. The standard InChI is InChI=1S/C45H76O5/c1-4-7-10-13-16-19-21-23-25-27-29-32-35-38-44(46)49-42-43(41-48-40-37-34-31-18-15-12-9-6-3)50-45(47)39-36-33-30-28-26-24-22-20-17-14-11-8-5-2/h7-8,10-11,16-17,19-20,23-26,43H,4-6,9,12-15,18,21-22,27-42H2,1-3H3/b10-7-,11-8-,19-16-,20-17-,25-23-,26-24-. The molecule has 0 bridgehead atoms. The van der Waals surface area contributed by atoms with Crippen molar-refractivity contribution in [3.8, 4) is 0 Å². The normalized spacial score (nSPS) is 12.9. The summed E-state index contributed by atoms with van der Waals surface area (Å²) in [6.45, 7) is 7.50. The number of hydrogen-bond donors (Lipinski definition) is 0. The molecule has 0 rings (SSSR count). The minimum atomic E-state index is -0.559. The van der Waals surface area contributed by atoms with Crippen LogP contribution in [-0.2, 0) is 23.8 Å². The molecule has 50 heavy (non-hydrogen) atoms. The number of hydrogen-bond acceptors (Lipinski definition) is 5. The van der Waals surface area contributed by atoms with E-state index in [9.17, 15) is 9.59 Å². The maximum Gasteiger partial charge on any atom is 0.306 e. The van der Waals surface area contributed by atoms with Crippen LogP contribution in [0, 0.1) is 0 Å². The Morgan fingerprint density at radius 3 is 1.42 bits per heavy atom. The van der Waals surface area contributed by atoms with E-state index in [1.165, 1.54) is 38.5 Å². The highest BCUT2D eigenvalue weighted by atomic mass is 16.6. The maximum atomic E-state index is 12.6. The lowest BCUT2D eigenvalue weighted by atomic mass is 10.1. The Bertz CT molecular complexity index is 926. The fraction of sp³-hybridized carbons (Fsp3) is 0.689. The van der Waals surface area contributed by atoms with Gasteiger partial charge >= 0.3 is 11.9 Å². The molecule has 5 nitrogen and oxygen atoms in total. The Kier molecular flexibility index (Phi) is 38.6. The van der Waals surface area contributed by atoms with Crippen LogP contribution in [0.25, 0.3) is 0 Å². The van der Waals surface area contributed by atoms with Crippen LogP contribution >= 0.6 is 0 Å². The van der Waals surface area contributed by atoms with Crippen molar-refractivity contribution in [2.75, 3.05) is 19.8 Å². The van der Waals surface area contributed by atoms with Crippen molar-refractivity contribution in [3.05, 3.63) is 72.9 Å². The van der Waals surface area contributed by atoms with Crippen LogP contribution in [0.2, 0.25) is 0 Å². The molecule has 0 amide bonds. The summed E-state index contributed by atoms with van der Waals surface area (Å²) in [7, 11) is 0. The molecule has 5 heteroatoms. The van der Waals surface area contributed by atoms with Crippen molar-refractivity contribution < 1.29 is 23.8 Å². The molecule has 286 valence electrons. The molecule has 0 aliphatic heterocycles. The molecule has 0 spiro atoms. The second-order valence-corrected chi connectivity index (χ2v) is 13.1. The number of ether oxygens (including phenoxy) is 3. The van der Waals surface area contributed by atoms with Gasteiger partial charge in [0.15, 0.2) is 6.10 Å². The quantitative estimate of drug-likeness (QED) is 0.0371. The number of esters is 2. The summed E-state index contributed by atoms with van der Waals surface area (Å²) in [5, 5.41) is 0. The lowest BCUT2D eigenvalue weighted by Gasteiger charge is -2.18. The van der Waals surface area contributed by atoms with Crippen LogP contribution in [0.3, 0.4) is 0 Å². The largest absolute Gasteiger partial charge is 0.462 e. The highest BCUT2D eigenvalue weighted by Crippen LogP contribution is 2.11. The lowest BCUT2D eigenvalue weighted by molar-refractivity contribution is -0.163. The van der Waals surface area contributed by atoms with E-state index in [0.29, 0.717) is 19.4 Å². The molecule has 0 heterocycles. The molecule has 0 aromatic heterocycles. The Morgan fingerprint density at radius 1 is 0.460 bits per heavy atom. The Hall–Kier alpha value is -2.66.